The first kappa shape index (κ1) is 20.5. The number of non-ortho nitro benzene ring substituents is 1. The lowest BCUT2D eigenvalue weighted by Gasteiger charge is -2.25. The number of ketones is 1. The summed E-state index contributed by atoms with van der Waals surface area (Å²) in [4.78, 5) is 37.9. The van der Waals surface area contributed by atoms with Crippen molar-refractivity contribution in [3.05, 3.63) is 110 Å². The van der Waals surface area contributed by atoms with Gasteiger partial charge in [0.05, 0.1) is 16.5 Å². The molecule has 31 heavy (non-hydrogen) atoms. The summed E-state index contributed by atoms with van der Waals surface area (Å²) in [6.45, 7) is 0. The van der Waals surface area contributed by atoms with Crippen LogP contribution in [0.4, 0.5) is 11.4 Å². The molecular weight excluding hydrogens is 464 g/mol. The molecule has 0 radical (unpaired) electrons. The van der Waals surface area contributed by atoms with Crippen LogP contribution in [0.25, 0.3) is 5.76 Å². The fourth-order valence-corrected chi connectivity index (χ4v) is 3.96. The Balaban J connectivity index is 1.94. The smallest absolute Gasteiger partial charge is 0.300 e. The van der Waals surface area contributed by atoms with Crippen LogP contribution in [0.15, 0.2) is 88.9 Å². The molecule has 3 aromatic rings. The third-order valence-corrected chi connectivity index (χ3v) is 5.49. The number of carbonyl (C=O) groups excluding carboxylic acids is 2. The maximum absolute atomic E-state index is 13.0. The second kappa shape index (κ2) is 8.16. The van der Waals surface area contributed by atoms with Crippen LogP contribution < -0.4 is 4.90 Å². The van der Waals surface area contributed by atoms with Gasteiger partial charge in [-0.2, -0.15) is 0 Å². The van der Waals surface area contributed by atoms with Gasteiger partial charge in [0.25, 0.3) is 17.4 Å². The van der Waals surface area contributed by atoms with Gasteiger partial charge < -0.3 is 5.11 Å². The topological polar surface area (TPSA) is 101 Å². The van der Waals surface area contributed by atoms with Crippen LogP contribution in [0.5, 0.6) is 0 Å². The van der Waals surface area contributed by atoms with Gasteiger partial charge in [-0.15, -0.1) is 0 Å². The molecular formula is C23H15BrN2O5. The monoisotopic (exact) mass is 478 g/mol. The number of nitrogens with zero attached hydrogens (tertiary/aromatic N) is 2. The molecule has 7 nitrogen and oxygen atoms in total. The highest BCUT2D eigenvalue weighted by atomic mass is 79.9. The minimum absolute atomic E-state index is 0.0787. The lowest BCUT2D eigenvalue weighted by molar-refractivity contribution is -0.384. The first-order chi connectivity index (χ1) is 14.9. The van der Waals surface area contributed by atoms with Gasteiger partial charge in [-0.25, -0.2) is 0 Å². The van der Waals surface area contributed by atoms with Gasteiger partial charge in [-0.3, -0.25) is 24.6 Å². The molecule has 3 aromatic carbocycles. The number of nitro groups is 1. The molecule has 0 aliphatic carbocycles. The van der Waals surface area contributed by atoms with E-state index in [0.29, 0.717) is 21.3 Å². The van der Waals surface area contributed by atoms with E-state index < -0.39 is 22.7 Å². The Bertz CT molecular complexity index is 1220. The van der Waals surface area contributed by atoms with Crippen molar-refractivity contribution in [2.45, 2.75) is 6.04 Å². The molecule has 1 fully saturated rings. The molecule has 1 amide bonds. The van der Waals surface area contributed by atoms with Crippen LogP contribution in [0.3, 0.4) is 0 Å². The summed E-state index contributed by atoms with van der Waals surface area (Å²) in [6.07, 6.45) is 0. The summed E-state index contributed by atoms with van der Waals surface area (Å²) in [7, 11) is 0. The molecule has 1 aliphatic heterocycles. The quantitative estimate of drug-likeness (QED) is 0.187. The van der Waals surface area contributed by atoms with Gasteiger partial charge in [-0.1, -0.05) is 52.3 Å². The van der Waals surface area contributed by atoms with E-state index >= 15 is 0 Å². The van der Waals surface area contributed by atoms with Crippen LogP contribution >= 0.6 is 15.9 Å². The maximum Gasteiger partial charge on any atom is 0.300 e. The average Bonchev–Trinajstić information content (AvgIpc) is 3.04. The van der Waals surface area contributed by atoms with Crippen LogP contribution in [0.2, 0.25) is 0 Å². The summed E-state index contributed by atoms with van der Waals surface area (Å²) in [5.74, 6) is -1.93. The number of aliphatic hydroxyl groups is 1. The zero-order chi connectivity index (χ0) is 22.1. The number of amides is 1. The number of benzene rings is 3. The lowest BCUT2D eigenvalue weighted by Crippen LogP contribution is -2.29. The van der Waals surface area contributed by atoms with Gasteiger partial charge in [0, 0.05) is 27.9 Å². The van der Waals surface area contributed by atoms with Crippen molar-refractivity contribution in [3.63, 3.8) is 0 Å². The van der Waals surface area contributed by atoms with Crippen LogP contribution in [-0.4, -0.2) is 21.7 Å². The molecule has 8 heteroatoms. The summed E-state index contributed by atoms with van der Waals surface area (Å²) >= 11 is 3.37. The predicted molar refractivity (Wildman–Crippen MR) is 118 cm³/mol. The van der Waals surface area contributed by atoms with Crippen LogP contribution in [0.1, 0.15) is 17.2 Å². The summed E-state index contributed by atoms with van der Waals surface area (Å²) in [5.41, 5.74) is 1.10. The van der Waals surface area contributed by atoms with Crippen molar-refractivity contribution in [1.29, 1.82) is 0 Å². The van der Waals surface area contributed by atoms with E-state index in [9.17, 15) is 24.8 Å². The third kappa shape index (κ3) is 3.73. The number of rotatable bonds is 4. The van der Waals surface area contributed by atoms with Crippen molar-refractivity contribution in [3.8, 4) is 0 Å². The Kier molecular flexibility index (Phi) is 5.39. The molecule has 1 heterocycles. The molecule has 154 valence electrons. The zero-order valence-electron chi connectivity index (χ0n) is 15.9. The van der Waals surface area contributed by atoms with Crippen LogP contribution in [-0.2, 0) is 9.59 Å². The van der Waals surface area contributed by atoms with Crippen molar-refractivity contribution in [1.82, 2.24) is 0 Å². The van der Waals surface area contributed by atoms with E-state index in [1.165, 1.54) is 29.2 Å². The van der Waals surface area contributed by atoms with Gasteiger partial charge in [0.1, 0.15) is 5.76 Å². The molecule has 1 N–H and O–H groups in total. The Morgan fingerprint density at radius 3 is 2.26 bits per heavy atom. The predicted octanol–water partition coefficient (Wildman–Crippen LogP) is 4.98. The number of hydrogen-bond acceptors (Lipinski definition) is 5. The van der Waals surface area contributed by atoms with Crippen molar-refractivity contribution in [2.75, 3.05) is 4.90 Å². The molecule has 4 rings (SSSR count). The normalized spacial score (nSPS) is 17.7. The number of Topliss-reactive ketones (excluding diaryl/α,β-unsaturated/α-hetero) is 1. The molecule has 1 saturated heterocycles. The molecule has 1 unspecified atom stereocenters. The number of nitro benzene ring substituents is 1. The van der Waals surface area contributed by atoms with E-state index in [-0.39, 0.29) is 17.0 Å². The largest absolute Gasteiger partial charge is 0.507 e. The Labute approximate surface area is 185 Å². The Hall–Kier alpha value is -3.78. The zero-order valence-corrected chi connectivity index (χ0v) is 17.5. The average molecular weight is 479 g/mol. The third-order valence-electron chi connectivity index (χ3n) is 5.00. The molecule has 0 saturated carbocycles. The Morgan fingerprint density at radius 2 is 1.65 bits per heavy atom. The van der Waals surface area contributed by atoms with E-state index in [1.807, 2.05) is 0 Å². The maximum atomic E-state index is 13.0. The molecule has 0 bridgehead atoms. The van der Waals surface area contributed by atoms with Crippen LogP contribution in [0, 0.1) is 10.1 Å². The highest BCUT2D eigenvalue weighted by molar-refractivity contribution is 9.10. The number of hydrogen-bond donors (Lipinski definition) is 1. The summed E-state index contributed by atoms with van der Waals surface area (Å²) in [5, 5.41) is 22.0. The second-order valence-corrected chi connectivity index (χ2v) is 7.78. The second-order valence-electron chi connectivity index (χ2n) is 6.86. The number of aliphatic hydroxyl groups excluding tert-OH is 1. The lowest BCUT2D eigenvalue weighted by atomic mass is 9.95. The van der Waals surface area contributed by atoms with E-state index in [1.54, 1.807) is 54.6 Å². The number of anilines is 1. The molecule has 0 aromatic heterocycles. The summed E-state index contributed by atoms with van der Waals surface area (Å²) in [6, 6.07) is 20.0. The van der Waals surface area contributed by atoms with Gasteiger partial charge in [0.2, 0.25) is 0 Å². The van der Waals surface area contributed by atoms with Gasteiger partial charge >= 0.3 is 0 Å². The minimum atomic E-state index is -0.949. The first-order valence-electron chi connectivity index (χ1n) is 9.25. The molecule has 0 spiro atoms. The molecule has 1 aliphatic rings. The van der Waals surface area contributed by atoms with Gasteiger partial charge in [-0.05, 0) is 35.9 Å². The number of halogens is 1. The first-order valence-corrected chi connectivity index (χ1v) is 10.0. The highest BCUT2D eigenvalue weighted by Crippen LogP contribution is 2.42. The Morgan fingerprint density at radius 1 is 0.968 bits per heavy atom. The van der Waals surface area contributed by atoms with Gasteiger partial charge in [0.15, 0.2) is 0 Å². The highest BCUT2D eigenvalue weighted by Gasteiger charge is 2.47. The standard InChI is InChI=1S/C23H15BrN2O5/c24-16-7-4-8-18(13-16)25-20(14-9-11-17(12-10-14)26(30)31)19(22(28)23(25)29)21(27)15-5-2-1-3-6-15/h1-13,20,27H/b21-19-. The van der Waals surface area contributed by atoms with E-state index in [2.05, 4.69) is 15.9 Å². The summed E-state index contributed by atoms with van der Waals surface area (Å²) < 4.78 is 0.706. The fraction of sp³-hybridized carbons (Fsp3) is 0.0435. The fourth-order valence-electron chi connectivity index (χ4n) is 3.57. The minimum Gasteiger partial charge on any atom is -0.507 e. The van der Waals surface area contributed by atoms with E-state index in [4.69, 9.17) is 0 Å². The molecule has 1 atom stereocenters. The van der Waals surface area contributed by atoms with Crippen molar-refractivity contribution in [2.24, 2.45) is 0 Å². The van der Waals surface area contributed by atoms with Crippen molar-refractivity contribution < 1.29 is 19.6 Å². The number of carbonyl (C=O) groups is 2. The SMILES string of the molecule is O=C1C(=O)N(c2cccc(Br)c2)C(c2ccc([N+](=O)[O-])cc2)/C1=C(/O)c1ccccc1. The van der Waals surface area contributed by atoms with E-state index in [0.717, 1.165) is 0 Å². The van der Waals surface area contributed by atoms with Crippen molar-refractivity contribution >= 4 is 44.8 Å².